The van der Waals surface area contributed by atoms with E-state index in [4.69, 9.17) is 14.2 Å². The van der Waals surface area contributed by atoms with Crippen LogP contribution in [0.25, 0.3) is 0 Å². The van der Waals surface area contributed by atoms with E-state index >= 15 is 0 Å². The highest BCUT2D eigenvalue weighted by Gasteiger charge is 2.05. The zero-order valence-electron chi connectivity index (χ0n) is 12.3. The minimum Gasteiger partial charge on any atom is -0.460 e. The lowest BCUT2D eigenvalue weighted by Gasteiger charge is -2.09. The van der Waals surface area contributed by atoms with Crippen LogP contribution < -0.4 is 0 Å². The molecule has 0 N–H and O–H groups in total. The normalized spacial score (nSPS) is 12.1. The van der Waals surface area contributed by atoms with Gasteiger partial charge in [0.1, 0.15) is 6.61 Å². The van der Waals surface area contributed by atoms with Crippen molar-refractivity contribution >= 4 is 5.97 Å². The van der Waals surface area contributed by atoms with Crippen LogP contribution in [0.5, 0.6) is 0 Å². The Hall–Kier alpha value is -1.39. The monoisotopic (exact) mass is 280 g/mol. The van der Waals surface area contributed by atoms with Crippen LogP contribution in [-0.4, -0.2) is 39.0 Å². The molecule has 112 valence electrons. The average molecular weight is 280 g/mol. The molecular formula is C16H24O4. The zero-order chi connectivity index (χ0) is 14.6. The van der Waals surface area contributed by atoms with E-state index in [1.54, 1.807) is 12.1 Å². The molecule has 20 heavy (non-hydrogen) atoms. The standard InChI is InChI=1S/C16H24O4/c1-3-14(2)13-19-10-9-18-11-12-20-16(17)15-7-5-4-6-8-15/h4-8,14H,3,9-13H2,1-2H3. The Morgan fingerprint density at radius 1 is 1.05 bits per heavy atom. The van der Waals surface area contributed by atoms with Crippen LogP contribution in [0.1, 0.15) is 30.6 Å². The van der Waals surface area contributed by atoms with Crippen LogP contribution in [0.2, 0.25) is 0 Å². The van der Waals surface area contributed by atoms with Gasteiger partial charge in [0.05, 0.1) is 25.4 Å². The highest BCUT2D eigenvalue weighted by Crippen LogP contribution is 2.01. The predicted octanol–water partition coefficient (Wildman–Crippen LogP) is 2.92. The summed E-state index contributed by atoms with van der Waals surface area (Å²) < 4.78 is 15.9. The summed E-state index contributed by atoms with van der Waals surface area (Å²) in [4.78, 5) is 11.6. The van der Waals surface area contributed by atoms with E-state index in [0.29, 0.717) is 31.3 Å². The summed E-state index contributed by atoms with van der Waals surface area (Å²) in [6, 6.07) is 8.93. The van der Waals surface area contributed by atoms with E-state index in [1.165, 1.54) is 0 Å². The molecule has 1 atom stereocenters. The van der Waals surface area contributed by atoms with Gasteiger partial charge in [-0.1, -0.05) is 38.5 Å². The molecule has 0 heterocycles. The number of benzene rings is 1. The molecule has 1 aromatic rings. The molecule has 0 saturated carbocycles. The van der Waals surface area contributed by atoms with E-state index in [-0.39, 0.29) is 12.6 Å². The third-order valence-corrected chi connectivity index (χ3v) is 2.94. The maximum Gasteiger partial charge on any atom is 0.338 e. The summed E-state index contributed by atoms with van der Waals surface area (Å²) in [5.74, 6) is 0.268. The fourth-order valence-electron chi connectivity index (χ4n) is 1.47. The largest absolute Gasteiger partial charge is 0.460 e. The molecule has 0 aliphatic rings. The van der Waals surface area contributed by atoms with Gasteiger partial charge < -0.3 is 14.2 Å². The van der Waals surface area contributed by atoms with Crippen molar-refractivity contribution in [3.05, 3.63) is 35.9 Å². The van der Waals surface area contributed by atoms with Gasteiger partial charge in [-0.05, 0) is 18.1 Å². The van der Waals surface area contributed by atoms with Gasteiger partial charge in [-0.2, -0.15) is 0 Å². The number of hydrogen-bond donors (Lipinski definition) is 0. The summed E-state index contributed by atoms with van der Waals surface area (Å²) in [5.41, 5.74) is 0.560. The maximum absolute atomic E-state index is 11.6. The molecule has 0 amide bonds. The summed E-state index contributed by atoms with van der Waals surface area (Å²) in [6.07, 6.45) is 1.12. The second-order valence-electron chi connectivity index (χ2n) is 4.70. The molecule has 0 radical (unpaired) electrons. The molecule has 4 nitrogen and oxygen atoms in total. The number of carbonyl (C=O) groups excluding carboxylic acids is 1. The molecule has 0 fully saturated rings. The minimum absolute atomic E-state index is 0.263. The number of hydrogen-bond acceptors (Lipinski definition) is 4. The average Bonchev–Trinajstić information content (AvgIpc) is 2.50. The molecule has 0 bridgehead atoms. The van der Waals surface area contributed by atoms with Gasteiger partial charge in [-0.3, -0.25) is 0 Å². The summed E-state index contributed by atoms with van der Waals surface area (Å²) in [7, 11) is 0. The molecule has 0 saturated heterocycles. The lowest BCUT2D eigenvalue weighted by molar-refractivity contribution is 0.00973. The van der Waals surface area contributed by atoms with Crippen LogP contribution in [0.4, 0.5) is 0 Å². The molecule has 0 spiro atoms. The van der Waals surface area contributed by atoms with Gasteiger partial charge in [0, 0.05) is 6.61 Å². The first-order valence-corrected chi connectivity index (χ1v) is 7.11. The predicted molar refractivity (Wildman–Crippen MR) is 77.8 cm³/mol. The van der Waals surface area contributed by atoms with Crippen molar-refractivity contribution in [3.63, 3.8) is 0 Å². The molecule has 4 heteroatoms. The van der Waals surface area contributed by atoms with Crippen LogP contribution in [0.15, 0.2) is 30.3 Å². The minimum atomic E-state index is -0.317. The van der Waals surface area contributed by atoms with Crippen molar-refractivity contribution in [2.75, 3.05) is 33.0 Å². The van der Waals surface area contributed by atoms with Gasteiger partial charge in [0.2, 0.25) is 0 Å². The van der Waals surface area contributed by atoms with Crippen LogP contribution in [0.3, 0.4) is 0 Å². The Morgan fingerprint density at radius 2 is 1.70 bits per heavy atom. The van der Waals surface area contributed by atoms with Gasteiger partial charge in [-0.25, -0.2) is 4.79 Å². The van der Waals surface area contributed by atoms with Crippen LogP contribution in [-0.2, 0) is 14.2 Å². The number of rotatable bonds is 10. The molecule has 0 aliphatic carbocycles. The Labute approximate surface area is 121 Å². The van der Waals surface area contributed by atoms with Crippen LogP contribution >= 0.6 is 0 Å². The topological polar surface area (TPSA) is 44.8 Å². The first-order chi connectivity index (χ1) is 9.74. The molecule has 1 rings (SSSR count). The van der Waals surface area contributed by atoms with Gasteiger partial charge in [0.15, 0.2) is 0 Å². The quantitative estimate of drug-likeness (QED) is 0.488. The summed E-state index contributed by atoms with van der Waals surface area (Å²) in [6.45, 7) is 6.83. The van der Waals surface area contributed by atoms with Gasteiger partial charge >= 0.3 is 5.97 Å². The van der Waals surface area contributed by atoms with E-state index in [9.17, 15) is 4.79 Å². The van der Waals surface area contributed by atoms with Crippen molar-refractivity contribution in [1.29, 1.82) is 0 Å². The van der Waals surface area contributed by atoms with Crippen molar-refractivity contribution in [3.8, 4) is 0 Å². The second-order valence-corrected chi connectivity index (χ2v) is 4.70. The van der Waals surface area contributed by atoms with E-state index in [1.807, 2.05) is 18.2 Å². The number of esters is 1. The van der Waals surface area contributed by atoms with E-state index in [0.717, 1.165) is 13.0 Å². The van der Waals surface area contributed by atoms with Gasteiger partial charge in [0.25, 0.3) is 0 Å². The van der Waals surface area contributed by atoms with Crippen molar-refractivity contribution in [2.24, 2.45) is 5.92 Å². The SMILES string of the molecule is CCC(C)COCCOCCOC(=O)c1ccccc1. The maximum atomic E-state index is 11.6. The smallest absolute Gasteiger partial charge is 0.338 e. The first kappa shape index (κ1) is 16.7. The van der Waals surface area contributed by atoms with Crippen molar-refractivity contribution < 1.29 is 19.0 Å². The molecule has 0 aliphatic heterocycles. The van der Waals surface area contributed by atoms with Gasteiger partial charge in [-0.15, -0.1) is 0 Å². The summed E-state index contributed by atoms with van der Waals surface area (Å²) in [5, 5.41) is 0. The lowest BCUT2D eigenvalue weighted by atomic mass is 10.1. The second kappa shape index (κ2) is 10.4. The Morgan fingerprint density at radius 3 is 2.40 bits per heavy atom. The Kier molecular flexibility index (Phi) is 8.67. The first-order valence-electron chi connectivity index (χ1n) is 7.11. The molecular weight excluding hydrogens is 256 g/mol. The Bertz CT molecular complexity index is 364. The van der Waals surface area contributed by atoms with E-state index in [2.05, 4.69) is 13.8 Å². The van der Waals surface area contributed by atoms with Crippen molar-refractivity contribution in [2.45, 2.75) is 20.3 Å². The fourth-order valence-corrected chi connectivity index (χ4v) is 1.47. The van der Waals surface area contributed by atoms with E-state index < -0.39 is 0 Å². The van der Waals surface area contributed by atoms with Crippen molar-refractivity contribution in [1.82, 2.24) is 0 Å². The summed E-state index contributed by atoms with van der Waals surface area (Å²) >= 11 is 0. The molecule has 1 unspecified atom stereocenters. The zero-order valence-corrected chi connectivity index (χ0v) is 12.3. The molecule has 1 aromatic carbocycles. The number of carbonyl (C=O) groups is 1. The third-order valence-electron chi connectivity index (χ3n) is 2.94. The Balaban J connectivity index is 1.96. The molecule has 0 aromatic heterocycles. The fraction of sp³-hybridized carbons (Fsp3) is 0.562. The third kappa shape index (κ3) is 7.26. The highest BCUT2D eigenvalue weighted by molar-refractivity contribution is 5.89. The number of ether oxygens (including phenoxy) is 3. The van der Waals surface area contributed by atoms with Crippen LogP contribution in [0, 0.1) is 5.92 Å². The highest BCUT2D eigenvalue weighted by atomic mass is 16.6. The lowest BCUT2D eigenvalue weighted by Crippen LogP contribution is -2.14.